The molecule has 1 heterocycles. The van der Waals surface area contributed by atoms with Crippen LogP contribution in [-0.2, 0) is 14.8 Å². The molecule has 29 heavy (non-hydrogen) atoms. The van der Waals surface area contributed by atoms with Crippen molar-refractivity contribution >= 4 is 33.2 Å². The first kappa shape index (κ1) is 20.8. The molecule has 9 heteroatoms. The van der Waals surface area contributed by atoms with E-state index >= 15 is 0 Å². The van der Waals surface area contributed by atoms with Gasteiger partial charge in [-0.3, -0.25) is 13.9 Å². The molecule has 0 bridgehead atoms. The lowest BCUT2D eigenvalue weighted by molar-refractivity contribution is -0.114. The number of hydrogen-bond acceptors (Lipinski definition) is 4. The summed E-state index contributed by atoms with van der Waals surface area (Å²) in [5.41, 5.74) is 0.700. The summed E-state index contributed by atoms with van der Waals surface area (Å²) in [6.07, 6.45) is 2.82. The van der Waals surface area contributed by atoms with Gasteiger partial charge in [-0.15, -0.1) is 0 Å². The smallest absolute Gasteiger partial charge is 0.255 e. The number of nitrogens with zero attached hydrogens (tertiary/aromatic N) is 2. The fourth-order valence-electron chi connectivity index (χ4n) is 3.22. The van der Waals surface area contributed by atoms with Gasteiger partial charge in [0.05, 0.1) is 23.2 Å². The third-order valence-electron chi connectivity index (χ3n) is 4.61. The van der Waals surface area contributed by atoms with E-state index in [0.717, 1.165) is 29.5 Å². The average molecular weight is 419 g/mol. The van der Waals surface area contributed by atoms with E-state index in [1.165, 1.54) is 18.2 Å². The Labute approximate surface area is 169 Å². The molecule has 0 aromatic heterocycles. The van der Waals surface area contributed by atoms with Gasteiger partial charge >= 0.3 is 0 Å². The van der Waals surface area contributed by atoms with Crippen molar-refractivity contribution in [2.45, 2.75) is 12.8 Å². The van der Waals surface area contributed by atoms with Gasteiger partial charge in [0.25, 0.3) is 5.91 Å². The number of para-hydroxylation sites is 1. The molecule has 154 valence electrons. The van der Waals surface area contributed by atoms with Crippen molar-refractivity contribution in [3.05, 3.63) is 59.9 Å². The molecule has 1 N–H and O–H groups in total. The molecule has 1 aliphatic rings. The second-order valence-electron chi connectivity index (χ2n) is 6.84. The fraction of sp³-hybridized carbons (Fsp3) is 0.300. The minimum absolute atomic E-state index is 0.0454. The van der Waals surface area contributed by atoms with Gasteiger partial charge in [-0.2, -0.15) is 0 Å². The molecule has 0 saturated carbocycles. The Morgan fingerprint density at radius 3 is 2.45 bits per heavy atom. The first-order valence-electron chi connectivity index (χ1n) is 9.17. The second kappa shape index (κ2) is 8.60. The predicted octanol–water partition coefficient (Wildman–Crippen LogP) is 2.47. The maximum atomic E-state index is 13.5. The molecule has 1 saturated heterocycles. The molecular formula is C20H22FN3O4S. The highest BCUT2D eigenvalue weighted by molar-refractivity contribution is 7.92. The van der Waals surface area contributed by atoms with E-state index in [4.69, 9.17) is 0 Å². The summed E-state index contributed by atoms with van der Waals surface area (Å²) in [4.78, 5) is 27.0. The number of nitrogens with one attached hydrogen (secondary N) is 1. The maximum absolute atomic E-state index is 13.5. The monoisotopic (exact) mass is 419 g/mol. The van der Waals surface area contributed by atoms with Crippen molar-refractivity contribution in [1.29, 1.82) is 0 Å². The van der Waals surface area contributed by atoms with Crippen molar-refractivity contribution in [3.63, 3.8) is 0 Å². The second-order valence-corrected chi connectivity index (χ2v) is 8.75. The van der Waals surface area contributed by atoms with Crippen molar-refractivity contribution in [1.82, 2.24) is 4.90 Å². The van der Waals surface area contributed by atoms with Crippen molar-refractivity contribution in [2.75, 3.05) is 35.5 Å². The summed E-state index contributed by atoms with van der Waals surface area (Å²) in [6, 6.07) is 11.6. The molecule has 0 spiro atoms. The summed E-state index contributed by atoms with van der Waals surface area (Å²) in [5.74, 6) is -1.43. The highest BCUT2D eigenvalue weighted by Gasteiger charge is 2.24. The van der Waals surface area contributed by atoms with E-state index in [9.17, 15) is 22.4 Å². The van der Waals surface area contributed by atoms with Crippen molar-refractivity contribution in [2.24, 2.45) is 0 Å². The van der Waals surface area contributed by atoms with Crippen LogP contribution < -0.4 is 9.62 Å². The summed E-state index contributed by atoms with van der Waals surface area (Å²) >= 11 is 0. The minimum Gasteiger partial charge on any atom is -0.339 e. The van der Waals surface area contributed by atoms with Crippen LogP contribution in [0, 0.1) is 5.82 Å². The summed E-state index contributed by atoms with van der Waals surface area (Å²) in [5, 5.41) is 2.62. The van der Waals surface area contributed by atoms with E-state index in [0.29, 0.717) is 24.3 Å². The van der Waals surface area contributed by atoms with Gasteiger partial charge in [-0.25, -0.2) is 12.8 Å². The molecule has 1 aliphatic heterocycles. The van der Waals surface area contributed by atoms with E-state index in [2.05, 4.69) is 5.32 Å². The quantitative estimate of drug-likeness (QED) is 0.779. The maximum Gasteiger partial charge on any atom is 0.255 e. The zero-order valence-corrected chi connectivity index (χ0v) is 16.8. The Bertz CT molecular complexity index is 1020. The highest BCUT2D eigenvalue weighted by atomic mass is 32.2. The standard InChI is InChI=1S/C20H22FN3O4S/c1-29(27,28)24(16-8-6-7-15(21)13-16)14-19(25)22-18-10-3-2-9-17(18)20(26)23-11-4-5-12-23/h2-3,6-10,13H,4-5,11-12,14H2,1H3,(H,22,25). The molecule has 0 aliphatic carbocycles. The van der Waals surface area contributed by atoms with E-state index in [-0.39, 0.29) is 11.6 Å². The molecule has 7 nitrogen and oxygen atoms in total. The number of carbonyl (C=O) groups excluding carboxylic acids is 2. The van der Waals surface area contributed by atoms with Gasteiger partial charge in [-0.1, -0.05) is 18.2 Å². The summed E-state index contributed by atoms with van der Waals surface area (Å²) < 4.78 is 38.6. The first-order chi connectivity index (χ1) is 13.8. The number of benzene rings is 2. The van der Waals surface area contributed by atoms with Gasteiger partial charge < -0.3 is 10.2 Å². The number of sulfonamides is 1. The third-order valence-corrected chi connectivity index (χ3v) is 5.75. The zero-order chi connectivity index (χ0) is 21.0. The van der Waals surface area contributed by atoms with Gasteiger partial charge in [0, 0.05) is 13.1 Å². The third kappa shape index (κ3) is 5.11. The lowest BCUT2D eigenvalue weighted by atomic mass is 10.1. The number of anilines is 2. The lowest BCUT2D eigenvalue weighted by Crippen LogP contribution is -2.38. The van der Waals surface area contributed by atoms with Crippen LogP contribution in [0.15, 0.2) is 48.5 Å². The van der Waals surface area contributed by atoms with E-state index in [1.54, 1.807) is 29.2 Å². The molecule has 2 amide bonds. The Kier molecular flexibility index (Phi) is 6.17. The molecule has 1 fully saturated rings. The minimum atomic E-state index is -3.83. The lowest BCUT2D eigenvalue weighted by Gasteiger charge is -2.22. The molecule has 0 unspecified atom stereocenters. The van der Waals surface area contributed by atoms with Crippen LogP contribution in [0.4, 0.5) is 15.8 Å². The van der Waals surface area contributed by atoms with Crippen LogP contribution in [0.1, 0.15) is 23.2 Å². The topological polar surface area (TPSA) is 86.8 Å². The van der Waals surface area contributed by atoms with Gasteiger partial charge in [0.15, 0.2) is 0 Å². The van der Waals surface area contributed by atoms with Crippen LogP contribution >= 0.6 is 0 Å². The molecule has 2 aromatic carbocycles. The number of halogens is 1. The normalized spacial score (nSPS) is 13.9. The van der Waals surface area contributed by atoms with Gasteiger partial charge in [-0.05, 0) is 43.2 Å². The highest BCUT2D eigenvalue weighted by Crippen LogP contribution is 2.22. The van der Waals surface area contributed by atoms with Crippen LogP contribution in [0.5, 0.6) is 0 Å². The average Bonchev–Trinajstić information content (AvgIpc) is 3.20. The summed E-state index contributed by atoms with van der Waals surface area (Å²) in [6.45, 7) is 0.791. The van der Waals surface area contributed by atoms with Crippen LogP contribution in [0.2, 0.25) is 0 Å². The van der Waals surface area contributed by atoms with Gasteiger partial charge in [0.2, 0.25) is 15.9 Å². The molecule has 0 atom stereocenters. The largest absolute Gasteiger partial charge is 0.339 e. The zero-order valence-electron chi connectivity index (χ0n) is 16.0. The van der Waals surface area contributed by atoms with Crippen LogP contribution in [0.3, 0.4) is 0 Å². The molecular weight excluding hydrogens is 397 g/mol. The molecule has 3 rings (SSSR count). The number of carbonyl (C=O) groups is 2. The van der Waals surface area contributed by atoms with Gasteiger partial charge in [0.1, 0.15) is 12.4 Å². The Balaban J connectivity index is 1.80. The first-order valence-corrected chi connectivity index (χ1v) is 11.0. The number of hydrogen-bond donors (Lipinski definition) is 1. The van der Waals surface area contributed by atoms with Crippen LogP contribution in [0.25, 0.3) is 0 Å². The Morgan fingerprint density at radius 2 is 1.79 bits per heavy atom. The summed E-state index contributed by atoms with van der Waals surface area (Å²) in [7, 11) is -3.83. The molecule has 0 radical (unpaired) electrons. The Morgan fingerprint density at radius 1 is 1.10 bits per heavy atom. The van der Waals surface area contributed by atoms with Crippen molar-refractivity contribution in [3.8, 4) is 0 Å². The predicted molar refractivity (Wildman–Crippen MR) is 109 cm³/mol. The Hall–Kier alpha value is -2.94. The number of rotatable bonds is 6. The molecule has 2 aromatic rings. The number of likely N-dealkylation sites (tertiary alicyclic amines) is 1. The fourth-order valence-corrected chi connectivity index (χ4v) is 4.07. The van der Waals surface area contributed by atoms with E-state index in [1.807, 2.05) is 0 Å². The van der Waals surface area contributed by atoms with E-state index < -0.39 is 28.3 Å². The SMILES string of the molecule is CS(=O)(=O)N(CC(=O)Nc1ccccc1C(=O)N1CCCC1)c1cccc(F)c1. The number of amides is 2. The van der Waals surface area contributed by atoms with Crippen molar-refractivity contribution < 1.29 is 22.4 Å². The van der Waals surface area contributed by atoms with Crippen LogP contribution in [-0.4, -0.2) is 51.0 Å².